The molecule has 0 saturated heterocycles. The molecule has 1 aliphatic heterocycles. The number of fused-ring (bicyclic) bond motifs is 2. The molecule has 0 bridgehead atoms. The largest absolute Gasteiger partial charge is 0.302 e. The highest BCUT2D eigenvalue weighted by Gasteiger charge is 2.12. The number of aromatic nitrogens is 4. The van der Waals surface area contributed by atoms with Gasteiger partial charge in [-0.3, -0.25) is 13.9 Å². The number of likely N-dealkylation sites (N-methyl/N-ethyl adjacent to an activating group) is 1. The fourth-order valence-corrected chi connectivity index (χ4v) is 3.80. The van der Waals surface area contributed by atoms with Gasteiger partial charge < -0.3 is 4.90 Å². The monoisotopic (exact) mass is 371 g/mol. The van der Waals surface area contributed by atoms with E-state index in [9.17, 15) is 4.79 Å². The van der Waals surface area contributed by atoms with Gasteiger partial charge in [-0.05, 0) is 48.9 Å². The molecule has 0 N–H and O–H groups in total. The molecule has 0 saturated carbocycles. The van der Waals surface area contributed by atoms with Gasteiger partial charge >= 0.3 is 0 Å². The number of nitrogens with zero attached hydrogens (tertiary/aromatic N) is 5. The standard InChI is InChI=1S/C22H21N5O/c1-25-9-7-15(8-10-25)17-4-6-21-24-19(12-22(28)27(21)14-17)16-3-5-20-18(11-16)13-23-26(20)2/h3-7,11-14H,8-10H2,1-2H3. The van der Waals surface area contributed by atoms with Crippen molar-refractivity contribution in [1.29, 1.82) is 0 Å². The summed E-state index contributed by atoms with van der Waals surface area (Å²) in [6.45, 7) is 1.98. The SMILES string of the molecule is CN1CC=C(c2ccc3nc(-c4ccc5c(cnn5C)c4)cc(=O)n3c2)CC1. The Labute approximate surface area is 162 Å². The highest BCUT2D eigenvalue weighted by Crippen LogP contribution is 2.24. The van der Waals surface area contributed by atoms with Crippen LogP contribution in [0.4, 0.5) is 0 Å². The number of pyridine rings is 1. The maximum absolute atomic E-state index is 12.8. The Hall–Kier alpha value is -3.25. The first-order valence-corrected chi connectivity index (χ1v) is 9.42. The van der Waals surface area contributed by atoms with Crippen molar-refractivity contribution in [2.75, 3.05) is 20.1 Å². The Bertz CT molecular complexity index is 1300. The van der Waals surface area contributed by atoms with E-state index in [-0.39, 0.29) is 5.56 Å². The van der Waals surface area contributed by atoms with Gasteiger partial charge in [-0.1, -0.05) is 12.1 Å². The topological polar surface area (TPSA) is 55.4 Å². The van der Waals surface area contributed by atoms with Crippen molar-refractivity contribution in [2.45, 2.75) is 6.42 Å². The lowest BCUT2D eigenvalue weighted by atomic mass is 10.0. The summed E-state index contributed by atoms with van der Waals surface area (Å²) in [6, 6.07) is 11.6. The highest BCUT2D eigenvalue weighted by atomic mass is 16.1. The predicted molar refractivity (Wildman–Crippen MR) is 111 cm³/mol. The fourth-order valence-electron chi connectivity index (χ4n) is 3.80. The fraction of sp³-hybridized carbons (Fsp3) is 0.227. The smallest absolute Gasteiger partial charge is 0.258 e. The maximum Gasteiger partial charge on any atom is 0.258 e. The van der Waals surface area contributed by atoms with Gasteiger partial charge in [-0.15, -0.1) is 0 Å². The first kappa shape index (κ1) is 16.9. The Morgan fingerprint density at radius 2 is 1.89 bits per heavy atom. The van der Waals surface area contributed by atoms with Gasteiger partial charge in [0.1, 0.15) is 5.65 Å². The molecule has 0 fully saturated rings. The van der Waals surface area contributed by atoms with Gasteiger partial charge in [0.15, 0.2) is 0 Å². The van der Waals surface area contributed by atoms with Crippen molar-refractivity contribution < 1.29 is 0 Å². The summed E-state index contributed by atoms with van der Waals surface area (Å²) in [5.74, 6) is 0. The van der Waals surface area contributed by atoms with Gasteiger partial charge in [0, 0.05) is 43.4 Å². The summed E-state index contributed by atoms with van der Waals surface area (Å²) in [6.07, 6.45) is 6.97. The maximum atomic E-state index is 12.8. The molecule has 0 unspecified atom stereocenters. The molecule has 6 nitrogen and oxygen atoms in total. The third-order valence-corrected chi connectivity index (χ3v) is 5.48. The zero-order valence-electron chi connectivity index (χ0n) is 16.0. The minimum atomic E-state index is -0.0679. The van der Waals surface area contributed by atoms with Crippen LogP contribution in [-0.2, 0) is 7.05 Å². The lowest BCUT2D eigenvalue weighted by molar-refractivity contribution is 0.370. The minimum Gasteiger partial charge on any atom is -0.302 e. The lowest BCUT2D eigenvalue weighted by Crippen LogP contribution is -2.24. The van der Waals surface area contributed by atoms with E-state index in [2.05, 4.69) is 29.2 Å². The molecule has 0 aliphatic carbocycles. The quantitative estimate of drug-likeness (QED) is 0.544. The van der Waals surface area contributed by atoms with E-state index in [1.807, 2.05) is 48.4 Å². The van der Waals surface area contributed by atoms with Crippen LogP contribution in [0.2, 0.25) is 0 Å². The van der Waals surface area contributed by atoms with E-state index in [1.165, 1.54) is 5.57 Å². The number of aryl methyl sites for hydroxylation is 1. The second-order valence-electron chi connectivity index (χ2n) is 7.41. The van der Waals surface area contributed by atoms with Crippen LogP contribution in [0.25, 0.3) is 33.4 Å². The molecule has 0 atom stereocenters. The summed E-state index contributed by atoms with van der Waals surface area (Å²) in [4.78, 5) is 19.8. The lowest BCUT2D eigenvalue weighted by Gasteiger charge is -2.22. The molecule has 6 heteroatoms. The number of hydrogen-bond donors (Lipinski definition) is 0. The Morgan fingerprint density at radius 3 is 2.71 bits per heavy atom. The molecule has 140 valence electrons. The van der Waals surface area contributed by atoms with E-state index in [0.717, 1.165) is 41.5 Å². The van der Waals surface area contributed by atoms with E-state index >= 15 is 0 Å². The molecule has 4 heterocycles. The second-order valence-corrected chi connectivity index (χ2v) is 7.41. The second kappa shape index (κ2) is 6.42. The Morgan fingerprint density at radius 1 is 1.04 bits per heavy atom. The summed E-state index contributed by atoms with van der Waals surface area (Å²) in [7, 11) is 4.03. The first-order chi connectivity index (χ1) is 13.6. The van der Waals surface area contributed by atoms with Gasteiger partial charge in [-0.25, -0.2) is 4.98 Å². The van der Waals surface area contributed by atoms with Crippen molar-refractivity contribution >= 4 is 22.1 Å². The van der Waals surface area contributed by atoms with E-state index in [0.29, 0.717) is 11.3 Å². The van der Waals surface area contributed by atoms with Crippen LogP contribution in [0.15, 0.2) is 59.7 Å². The van der Waals surface area contributed by atoms with Gasteiger partial charge in [0.05, 0.1) is 17.4 Å². The summed E-state index contributed by atoms with van der Waals surface area (Å²) in [5, 5.41) is 5.31. The van der Waals surface area contributed by atoms with Crippen molar-refractivity contribution in [3.63, 3.8) is 0 Å². The van der Waals surface area contributed by atoms with Gasteiger partial charge in [-0.2, -0.15) is 5.10 Å². The van der Waals surface area contributed by atoms with Crippen LogP contribution in [0.3, 0.4) is 0 Å². The molecule has 1 aliphatic rings. The molecular formula is C22H21N5O. The van der Waals surface area contributed by atoms with Crippen molar-refractivity contribution in [2.24, 2.45) is 7.05 Å². The van der Waals surface area contributed by atoms with Crippen molar-refractivity contribution in [1.82, 2.24) is 24.1 Å². The number of benzene rings is 1. The molecule has 3 aromatic heterocycles. The van der Waals surface area contributed by atoms with Crippen molar-refractivity contribution in [3.8, 4) is 11.3 Å². The van der Waals surface area contributed by atoms with Crippen LogP contribution in [0.1, 0.15) is 12.0 Å². The van der Waals surface area contributed by atoms with Gasteiger partial charge in [0.2, 0.25) is 0 Å². The van der Waals surface area contributed by atoms with Gasteiger partial charge in [0.25, 0.3) is 5.56 Å². The average Bonchev–Trinajstić information content (AvgIpc) is 3.08. The molecule has 0 spiro atoms. The molecule has 5 rings (SSSR count). The van der Waals surface area contributed by atoms with Crippen LogP contribution < -0.4 is 5.56 Å². The van der Waals surface area contributed by atoms with Crippen LogP contribution >= 0.6 is 0 Å². The molecule has 0 radical (unpaired) electrons. The molecule has 1 aromatic carbocycles. The van der Waals surface area contributed by atoms with Crippen LogP contribution in [-0.4, -0.2) is 44.2 Å². The molecule has 0 amide bonds. The van der Waals surface area contributed by atoms with E-state index < -0.39 is 0 Å². The number of rotatable bonds is 2. The van der Waals surface area contributed by atoms with E-state index in [1.54, 1.807) is 10.5 Å². The third kappa shape index (κ3) is 2.82. The first-order valence-electron chi connectivity index (χ1n) is 9.42. The van der Waals surface area contributed by atoms with Crippen molar-refractivity contribution in [3.05, 3.63) is 70.8 Å². The normalized spacial score (nSPS) is 15.3. The third-order valence-electron chi connectivity index (χ3n) is 5.48. The zero-order valence-corrected chi connectivity index (χ0v) is 16.0. The van der Waals surface area contributed by atoms with Crippen LogP contribution in [0, 0.1) is 0 Å². The summed E-state index contributed by atoms with van der Waals surface area (Å²) >= 11 is 0. The molecular weight excluding hydrogens is 350 g/mol. The highest BCUT2D eigenvalue weighted by molar-refractivity contribution is 5.84. The zero-order chi connectivity index (χ0) is 19.3. The van der Waals surface area contributed by atoms with Crippen LogP contribution in [0.5, 0.6) is 0 Å². The molecule has 28 heavy (non-hydrogen) atoms. The minimum absolute atomic E-state index is 0.0679. The Balaban J connectivity index is 1.58. The number of hydrogen-bond acceptors (Lipinski definition) is 4. The predicted octanol–water partition coefficient (Wildman–Crippen LogP) is 2.97. The molecule has 4 aromatic rings. The average molecular weight is 371 g/mol. The Kier molecular flexibility index (Phi) is 3.87. The summed E-state index contributed by atoms with van der Waals surface area (Å²) in [5.41, 5.74) is 5.63. The summed E-state index contributed by atoms with van der Waals surface area (Å²) < 4.78 is 3.47. The van der Waals surface area contributed by atoms with E-state index in [4.69, 9.17) is 4.98 Å².